The zero-order valence-electron chi connectivity index (χ0n) is 13.6. The smallest absolute Gasteiger partial charge is 0.311 e. The normalized spacial score (nSPS) is 14.8. The van der Waals surface area contributed by atoms with Gasteiger partial charge in [0.1, 0.15) is 11.4 Å². The van der Waals surface area contributed by atoms with Gasteiger partial charge in [0.15, 0.2) is 5.52 Å². The number of ketones is 1. The first-order chi connectivity index (χ1) is 12.3. The Morgan fingerprint density at radius 1 is 1.23 bits per heavy atom. The molecule has 3 heterocycles. The van der Waals surface area contributed by atoms with Gasteiger partial charge < -0.3 is 4.57 Å². The second-order valence-electron chi connectivity index (χ2n) is 6.25. The van der Waals surface area contributed by atoms with Crippen LogP contribution in [0.1, 0.15) is 40.6 Å². The molecule has 0 spiro atoms. The lowest BCUT2D eigenvalue weighted by atomic mass is 10.1. The maximum absolute atomic E-state index is 12.8. The van der Waals surface area contributed by atoms with Crippen molar-refractivity contribution in [1.29, 1.82) is 0 Å². The first-order valence-electron chi connectivity index (χ1n) is 7.93. The number of rotatable bonds is 3. The average Bonchev–Trinajstić information content (AvgIpc) is 3.37. The second kappa shape index (κ2) is 5.52. The second-order valence-corrected chi connectivity index (χ2v) is 6.25. The molecule has 0 unspecified atom stereocenters. The van der Waals surface area contributed by atoms with Crippen LogP contribution in [0.2, 0.25) is 0 Å². The van der Waals surface area contributed by atoms with E-state index >= 15 is 0 Å². The summed E-state index contributed by atoms with van der Waals surface area (Å²) in [6, 6.07) is 3.65. The maximum Gasteiger partial charge on any atom is 0.433 e. The van der Waals surface area contributed by atoms with Crippen LogP contribution in [-0.2, 0) is 13.2 Å². The minimum absolute atomic E-state index is 0.00530. The highest BCUT2D eigenvalue weighted by Crippen LogP contribution is 2.34. The van der Waals surface area contributed by atoms with Crippen molar-refractivity contribution in [2.45, 2.75) is 25.1 Å². The van der Waals surface area contributed by atoms with Crippen molar-refractivity contribution in [2.75, 3.05) is 0 Å². The van der Waals surface area contributed by atoms with E-state index in [-0.39, 0.29) is 28.4 Å². The van der Waals surface area contributed by atoms with Gasteiger partial charge in [-0.2, -0.15) is 18.3 Å². The van der Waals surface area contributed by atoms with E-state index in [0.717, 1.165) is 31.2 Å². The van der Waals surface area contributed by atoms with Crippen molar-refractivity contribution in [3.05, 3.63) is 57.9 Å². The minimum Gasteiger partial charge on any atom is -0.311 e. The Morgan fingerprint density at radius 2 is 1.96 bits per heavy atom. The fourth-order valence-corrected chi connectivity index (χ4v) is 2.94. The summed E-state index contributed by atoms with van der Waals surface area (Å²) in [5.41, 5.74) is -1.04. The Morgan fingerprint density at radius 3 is 2.54 bits per heavy atom. The number of carbonyl (C=O) groups excluding carboxylic acids is 1. The molecule has 26 heavy (non-hydrogen) atoms. The van der Waals surface area contributed by atoms with Crippen LogP contribution < -0.4 is 5.56 Å². The van der Waals surface area contributed by atoms with Crippen LogP contribution in [0, 0.1) is 0 Å². The Hall–Kier alpha value is -2.97. The van der Waals surface area contributed by atoms with E-state index in [1.807, 2.05) is 0 Å². The molecule has 0 saturated heterocycles. The summed E-state index contributed by atoms with van der Waals surface area (Å²) in [6.07, 6.45) is -0.196. The summed E-state index contributed by atoms with van der Waals surface area (Å²) in [6.45, 7) is 0. The van der Waals surface area contributed by atoms with Gasteiger partial charge in [-0.25, -0.2) is 0 Å². The number of alkyl halides is 3. The predicted octanol–water partition coefficient (Wildman–Crippen LogP) is 2.71. The van der Waals surface area contributed by atoms with Crippen molar-refractivity contribution < 1.29 is 18.0 Å². The van der Waals surface area contributed by atoms with Gasteiger partial charge in [-0.05, 0) is 31.0 Å². The molecule has 1 aliphatic carbocycles. The first-order valence-corrected chi connectivity index (χ1v) is 7.93. The molecule has 3 aromatic heterocycles. The number of aryl methyl sites for hydroxylation is 1. The van der Waals surface area contributed by atoms with Gasteiger partial charge >= 0.3 is 6.18 Å². The number of carbonyl (C=O) groups is 1. The largest absolute Gasteiger partial charge is 0.433 e. The number of fused-ring (bicyclic) bond motifs is 1. The third kappa shape index (κ3) is 2.59. The Labute approximate surface area is 144 Å². The van der Waals surface area contributed by atoms with Crippen molar-refractivity contribution >= 4 is 16.7 Å². The molecule has 134 valence electrons. The first kappa shape index (κ1) is 16.5. The number of pyridine rings is 2. The summed E-state index contributed by atoms with van der Waals surface area (Å²) in [5, 5.41) is 4.52. The number of hydrogen-bond acceptors (Lipinski definition) is 4. The monoisotopic (exact) mass is 362 g/mol. The molecule has 0 bridgehead atoms. The summed E-state index contributed by atoms with van der Waals surface area (Å²) in [5.74, 6) is -0.542. The number of hydrogen-bond donors (Lipinski definition) is 0. The van der Waals surface area contributed by atoms with Gasteiger partial charge in [0.25, 0.3) is 5.56 Å². The molecule has 3 aromatic rings. The van der Waals surface area contributed by atoms with Crippen LogP contribution in [0.5, 0.6) is 0 Å². The predicted molar refractivity (Wildman–Crippen MR) is 85.9 cm³/mol. The zero-order chi connectivity index (χ0) is 18.6. The summed E-state index contributed by atoms with van der Waals surface area (Å²) in [4.78, 5) is 28.6. The van der Waals surface area contributed by atoms with E-state index in [4.69, 9.17) is 0 Å². The minimum atomic E-state index is -4.57. The Kier molecular flexibility index (Phi) is 3.50. The third-order valence-corrected chi connectivity index (χ3v) is 4.39. The lowest BCUT2D eigenvalue weighted by molar-refractivity contribution is -0.141. The third-order valence-electron chi connectivity index (χ3n) is 4.39. The van der Waals surface area contributed by atoms with Gasteiger partial charge in [-0.1, -0.05) is 0 Å². The van der Waals surface area contributed by atoms with E-state index in [1.165, 1.54) is 11.7 Å². The van der Waals surface area contributed by atoms with Crippen LogP contribution in [0.3, 0.4) is 0 Å². The highest BCUT2D eigenvalue weighted by molar-refractivity contribution is 6.14. The highest BCUT2D eigenvalue weighted by Gasteiger charge is 2.32. The molecule has 9 heteroatoms. The van der Waals surface area contributed by atoms with E-state index < -0.39 is 17.7 Å². The number of nitrogens with zero attached hydrogens (tertiary/aromatic N) is 4. The van der Waals surface area contributed by atoms with E-state index in [9.17, 15) is 22.8 Å². The average molecular weight is 362 g/mol. The standard InChI is InChI=1S/C17H13F3N4O2/c1-23-14(15(25)9-2-5-12(21-8-9)17(18,19)20)11-6-7-24(10-3-4-10)16(26)13(11)22-23/h2,5-8,10H,3-4H2,1H3. The quantitative estimate of drug-likeness (QED) is 0.672. The molecule has 0 radical (unpaired) electrons. The van der Waals surface area contributed by atoms with Crippen molar-refractivity contribution in [3.8, 4) is 0 Å². The molecule has 0 aliphatic heterocycles. The van der Waals surface area contributed by atoms with Crippen molar-refractivity contribution in [1.82, 2.24) is 19.3 Å². The molecular weight excluding hydrogens is 349 g/mol. The Bertz CT molecular complexity index is 1080. The fourth-order valence-electron chi connectivity index (χ4n) is 2.94. The van der Waals surface area contributed by atoms with E-state index in [2.05, 4.69) is 10.1 Å². The zero-order valence-corrected chi connectivity index (χ0v) is 13.6. The van der Waals surface area contributed by atoms with Gasteiger partial charge in [-0.15, -0.1) is 0 Å². The van der Waals surface area contributed by atoms with Gasteiger partial charge in [0, 0.05) is 36.4 Å². The topological polar surface area (TPSA) is 69.8 Å². The molecule has 0 aromatic carbocycles. The molecule has 0 atom stereocenters. The molecule has 0 amide bonds. The fraction of sp³-hybridized carbons (Fsp3) is 0.294. The number of halogens is 3. The van der Waals surface area contributed by atoms with Crippen LogP contribution in [0.15, 0.2) is 35.4 Å². The highest BCUT2D eigenvalue weighted by atomic mass is 19.4. The van der Waals surface area contributed by atoms with Crippen LogP contribution >= 0.6 is 0 Å². The number of aromatic nitrogens is 4. The lowest BCUT2D eigenvalue weighted by Crippen LogP contribution is -2.18. The Balaban J connectivity index is 1.79. The molecule has 1 fully saturated rings. The molecule has 6 nitrogen and oxygen atoms in total. The van der Waals surface area contributed by atoms with Crippen LogP contribution in [0.4, 0.5) is 13.2 Å². The SMILES string of the molecule is Cn1nc2c(=O)n(C3CC3)ccc2c1C(=O)c1ccc(C(F)(F)F)nc1. The maximum atomic E-state index is 12.8. The molecule has 4 rings (SSSR count). The van der Waals surface area contributed by atoms with Gasteiger partial charge in [0.2, 0.25) is 5.78 Å². The molecule has 1 aliphatic rings. The van der Waals surface area contributed by atoms with Crippen molar-refractivity contribution in [3.63, 3.8) is 0 Å². The van der Waals surface area contributed by atoms with E-state index in [0.29, 0.717) is 5.39 Å². The summed E-state index contributed by atoms with van der Waals surface area (Å²) < 4.78 is 40.7. The molecule has 0 N–H and O–H groups in total. The van der Waals surface area contributed by atoms with Crippen molar-refractivity contribution in [2.24, 2.45) is 7.05 Å². The van der Waals surface area contributed by atoms with E-state index in [1.54, 1.807) is 16.8 Å². The summed E-state index contributed by atoms with van der Waals surface area (Å²) in [7, 11) is 1.52. The van der Waals surface area contributed by atoms with Crippen LogP contribution in [-0.4, -0.2) is 25.1 Å². The lowest BCUT2D eigenvalue weighted by Gasteiger charge is -2.07. The molecule has 1 saturated carbocycles. The van der Waals surface area contributed by atoms with Gasteiger partial charge in [-0.3, -0.25) is 19.3 Å². The van der Waals surface area contributed by atoms with Gasteiger partial charge in [0.05, 0.1) is 0 Å². The van der Waals surface area contributed by atoms with Crippen LogP contribution in [0.25, 0.3) is 10.9 Å². The molecular formula is C17H13F3N4O2. The summed E-state index contributed by atoms with van der Waals surface area (Å²) >= 11 is 0.